The second kappa shape index (κ2) is 8.44. The molecular formula is C24H20O4. The van der Waals surface area contributed by atoms with E-state index in [1.54, 1.807) is 55.5 Å². The number of carbonyl (C=O) groups excluding carboxylic acids is 3. The normalized spacial score (nSPS) is 10.4. The molecule has 0 heterocycles. The lowest BCUT2D eigenvalue weighted by Crippen LogP contribution is -2.02. The zero-order valence-electron chi connectivity index (χ0n) is 15.8. The van der Waals surface area contributed by atoms with E-state index in [0.717, 1.165) is 5.56 Å². The molecule has 0 fully saturated rings. The monoisotopic (exact) mass is 372 g/mol. The van der Waals surface area contributed by atoms with Gasteiger partial charge in [-0.3, -0.25) is 14.4 Å². The highest BCUT2D eigenvalue weighted by molar-refractivity contribution is 6.09. The number of ketones is 3. The van der Waals surface area contributed by atoms with Gasteiger partial charge in [0.1, 0.15) is 17.3 Å². The van der Waals surface area contributed by atoms with E-state index in [1.807, 2.05) is 24.3 Å². The third-order valence-corrected chi connectivity index (χ3v) is 4.28. The Labute approximate surface area is 163 Å². The fourth-order valence-electron chi connectivity index (χ4n) is 2.80. The smallest absolute Gasteiger partial charge is 0.193 e. The van der Waals surface area contributed by atoms with Gasteiger partial charge in [0.15, 0.2) is 11.6 Å². The van der Waals surface area contributed by atoms with Gasteiger partial charge in [0.05, 0.1) is 0 Å². The highest BCUT2D eigenvalue weighted by Crippen LogP contribution is 2.23. The van der Waals surface area contributed by atoms with E-state index in [1.165, 1.54) is 6.92 Å². The van der Waals surface area contributed by atoms with Crippen molar-refractivity contribution < 1.29 is 19.1 Å². The summed E-state index contributed by atoms with van der Waals surface area (Å²) >= 11 is 0. The molecule has 0 aliphatic carbocycles. The zero-order chi connectivity index (χ0) is 20.1. The molecule has 0 amide bonds. The molecule has 0 saturated heterocycles. The van der Waals surface area contributed by atoms with Crippen molar-refractivity contribution >= 4 is 17.3 Å². The van der Waals surface area contributed by atoms with Crippen molar-refractivity contribution in [3.8, 4) is 11.5 Å². The summed E-state index contributed by atoms with van der Waals surface area (Å²) in [4.78, 5) is 35.1. The van der Waals surface area contributed by atoms with Crippen molar-refractivity contribution in [2.45, 2.75) is 20.3 Å². The highest BCUT2D eigenvalue weighted by Gasteiger charge is 2.10. The molecule has 0 radical (unpaired) electrons. The maximum absolute atomic E-state index is 12.6. The molecule has 0 aromatic heterocycles. The zero-order valence-corrected chi connectivity index (χ0v) is 15.8. The van der Waals surface area contributed by atoms with Crippen LogP contribution in [0.25, 0.3) is 0 Å². The van der Waals surface area contributed by atoms with Crippen LogP contribution in [0, 0.1) is 0 Å². The molecule has 4 heteroatoms. The van der Waals surface area contributed by atoms with Gasteiger partial charge in [-0.1, -0.05) is 36.4 Å². The summed E-state index contributed by atoms with van der Waals surface area (Å²) in [5, 5.41) is 0. The van der Waals surface area contributed by atoms with Crippen LogP contribution in [-0.4, -0.2) is 17.3 Å². The SMILES string of the molecule is CC(=O)Cc1ccc(Oc2ccc(C(=O)c3ccc(C(C)=O)cc3)cc2)cc1. The minimum atomic E-state index is -0.116. The molecule has 0 spiro atoms. The number of benzene rings is 3. The van der Waals surface area contributed by atoms with E-state index < -0.39 is 0 Å². The van der Waals surface area contributed by atoms with Gasteiger partial charge in [-0.2, -0.15) is 0 Å². The Morgan fingerprint density at radius 2 is 1.07 bits per heavy atom. The van der Waals surface area contributed by atoms with Crippen LogP contribution in [0.4, 0.5) is 0 Å². The fourth-order valence-corrected chi connectivity index (χ4v) is 2.80. The quantitative estimate of drug-likeness (QED) is 0.545. The minimum absolute atomic E-state index is 0.0326. The molecule has 0 aliphatic heterocycles. The predicted octanol–water partition coefficient (Wildman–Crippen LogP) is 5.04. The lowest BCUT2D eigenvalue weighted by molar-refractivity contribution is -0.116. The van der Waals surface area contributed by atoms with Gasteiger partial charge >= 0.3 is 0 Å². The molecule has 0 unspecified atom stereocenters. The highest BCUT2D eigenvalue weighted by atomic mass is 16.5. The van der Waals surface area contributed by atoms with Crippen LogP contribution in [-0.2, 0) is 11.2 Å². The average Bonchev–Trinajstić information content (AvgIpc) is 2.69. The fraction of sp³-hybridized carbons (Fsp3) is 0.125. The van der Waals surface area contributed by atoms with Crippen LogP contribution < -0.4 is 4.74 Å². The summed E-state index contributed by atoms with van der Waals surface area (Å²) in [6.07, 6.45) is 0.407. The molecule has 3 rings (SSSR count). The van der Waals surface area contributed by atoms with E-state index in [0.29, 0.717) is 34.6 Å². The maximum atomic E-state index is 12.6. The Balaban J connectivity index is 1.68. The van der Waals surface area contributed by atoms with Gasteiger partial charge in [-0.05, 0) is 55.8 Å². The summed E-state index contributed by atoms with van der Waals surface area (Å²) in [5.41, 5.74) is 2.59. The van der Waals surface area contributed by atoms with E-state index >= 15 is 0 Å². The van der Waals surface area contributed by atoms with E-state index in [-0.39, 0.29) is 17.3 Å². The van der Waals surface area contributed by atoms with E-state index in [2.05, 4.69) is 0 Å². The summed E-state index contributed by atoms with van der Waals surface area (Å²) < 4.78 is 5.79. The molecule has 0 N–H and O–H groups in total. The number of Topliss-reactive ketones (excluding diaryl/α,β-unsaturated/α-hetero) is 2. The lowest BCUT2D eigenvalue weighted by atomic mass is 10.0. The van der Waals surface area contributed by atoms with Crippen LogP contribution in [0.15, 0.2) is 72.8 Å². The molecule has 0 aliphatic rings. The first kappa shape index (κ1) is 19.2. The number of hydrogen-bond acceptors (Lipinski definition) is 4. The summed E-state index contributed by atoms with van der Waals surface area (Å²) in [6, 6.07) is 20.9. The maximum Gasteiger partial charge on any atom is 0.193 e. The largest absolute Gasteiger partial charge is 0.457 e. The van der Waals surface area contributed by atoms with Crippen molar-refractivity contribution in [3.05, 3.63) is 95.1 Å². The molecule has 0 bridgehead atoms. The lowest BCUT2D eigenvalue weighted by Gasteiger charge is -2.08. The Morgan fingerprint density at radius 1 is 0.643 bits per heavy atom. The van der Waals surface area contributed by atoms with Gasteiger partial charge in [-0.25, -0.2) is 0 Å². The second-order valence-corrected chi connectivity index (χ2v) is 6.61. The van der Waals surface area contributed by atoms with Crippen LogP contribution in [0.1, 0.15) is 45.7 Å². The van der Waals surface area contributed by atoms with Crippen LogP contribution in [0.2, 0.25) is 0 Å². The molecule has 28 heavy (non-hydrogen) atoms. The van der Waals surface area contributed by atoms with Crippen LogP contribution in [0.5, 0.6) is 11.5 Å². The first-order chi connectivity index (χ1) is 13.4. The predicted molar refractivity (Wildman–Crippen MR) is 107 cm³/mol. The standard InChI is InChI=1S/C24H20O4/c1-16(25)15-18-3-11-22(12-4-18)28-23-13-9-21(10-14-23)24(27)20-7-5-19(6-8-20)17(2)26/h3-14H,15H2,1-2H3. The molecule has 140 valence electrons. The molecule has 3 aromatic rings. The first-order valence-corrected chi connectivity index (χ1v) is 8.94. The molecule has 4 nitrogen and oxygen atoms in total. The summed E-state index contributed by atoms with van der Waals surface area (Å²) in [7, 11) is 0. The van der Waals surface area contributed by atoms with Crippen molar-refractivity contribution in [2.75, 3.05) is 0 Å². The Kier molecular flexibility index (Phi) is 5.80. The molecule has 0 atom stereocenters. The van der Waals surface area contributed by atoms with Crippen molar-refractivity contribution in [3.63, 3.8) is 0 Å². The Morgan fingerprint density at radius 3 is 1.54 bits per heavy atom. The number of rotatable bonds is 7. The van der Waals surface area contributed by atoms with Crippen LogP contribution in [0.3, 0.4) is 0 Å². The van der Waals surface area contributed by atoms with Gasteiger partial charge in [-0.15, -0.1) is 0 Å². The molecular weight excluding hydrogens is 352 g/mol. The average molecular weight is 372 g/mol. The third kappa shape index (κ3) is 4.80. The topological polar surface area (TPSA) is 60.4 Å². The Hall–Kier alpha value is -3.53. The van der Waals surface area contributed by atoms with Gasteiger partial charge in [0.25, 0.3) is 0 Å². The van der Waals surface area contributed by atoms with Crippen molar-refractivity contribution in [1.29, 1.82) is 0 Å². The van der Waals surface area contributed by atoms with Crippen LogP contribution >= 0.6 is 0 Å². The van der Waals surface area contributed by atoms with Gasteiger partial charge in [0, 0.05) is 23.1 Å². The van der Waals surface area contributed by atoms with E-state index in [9.17, 15) is 14.4 Å². The first-order valence-electron chi connectivity index (χ1n) is 8.94. The second-order valence-electron chi connectivity index (χ2n) is 6.61. The van der Waals surface area contributed by atoms with Gasteiger partial charge in [0.2, 0.25) is 0 Å². The number of ether oxygens (including phenoxy) is 1. The Bertz CT molecular complexity index is 998. The minimum Gasteiger partial charge on any atom is -0.457 e. The molecule has 0 saturated carbocycles. The van der Waals surface area contributed by atoms with E-state index in [4.69, 9.17) is 4.74 Å². The van der Waals surface area contributed by atoms with Crippen molar-refractivity contribution in [2.24, 2.45) is 0 Å². The summed E-state index contributed by atoms with van der Waals surface area (Å²) in [5.74, 6) is 1.24. The number of hydrogen-bond donors (Lipinski definition) is 0. The van der Waals surface area contributed by atoms with Gasteiger partial charge < -0.3 is 4.74 Å². The number of carbonyl (C=O) groups is 3. The molecule has 3 aromatic carbocycles. The summed E-state index contributed by atoms with van der Waals surface area (Å²) in [6.45, 7) is 3.05. The van der Waals surface area contributed by atoms with Crippen molar-refractivity contribution in [1.82, 2.24) is 0 Å². The third-order valence-electron chi connectivity index (χ3n) is 4.28.